The molecule has 0 radical (unpaired) electrons. The van der Waals surface area contributed by atoms with Crippen molar-refractivity contribution in [3.05, 3.63) is 0 Å². The zero-order chi connectivity index (χ0) is 7.28. The summed E-state index contributed by atoms with van der Waals surface area (Å²) in [6, 6.07) is 0.387. The first kappa shape index (κ1) is 8.43. The summed E-state index contributed by atoms with van der Waals surface area (Å²) in [4.78, 5) is 10.2. The Morgan fingerprint density at radius 1 is 1.78 bits per heavy atom. The van der Waals surface area contributed by atoms with Crippen LogP contribution in [0.25, 0.3) is 0 Å². The van der Waals surface area contributed by atoms with Crippen molar-refractivity contribution in [1.29, 1.82) is 0 Å². The fourth-order valence-corrected chi connectivity index (χ4v) is 0.503. The van der Waals surface area contributed by atoms with Gasteiger partial charge in [0.2, 0.25) is 5.91 Å². The van der Waals surface area contributed by atoms with Crippen LogP contribution in [0, 0.1) is 0 Å². The minimum Gasteiger partial charge on any atom is -0.370 e. The number of amides is 1. The van der Waals surface area contributed by atoms with Crippen molar-refractivity contribution < 1.29 is 4.79 Å². The minimum absolute atomic E-state index is 0.225. The highest BCUT2D eigenvalue weighted by atomic mass is 16.1. The van der Waals surface area contributed by atoms with Crippen molar-refractivity contribution in [2.45, 2.75) is 25.8 Å². The Morgan fingerprint density at radius 2 is 2.33 bits per heavy atom. The van der Waals surface area contributed by atoms with E-state index in [1.165, 1.54) is 0 Å². The van der Waals surface area contributed by atoms with Gasteiger partial charge in [0.05, 0.1) is 0 Å². The molecule has 0 aromatic carbocycles. The van der Waals surface area contributed by atoms with E-state index in [2.05, 4.69) is 5.32 Å². The van der Waals surface area contributed by atoms with Gasteiger partial charge in [-0.25, -0.2) is 0 Å². The summed E-state index contributed by atoms with van der Waals surface area (Å²) in [5, 5.41) is 3.01. The summed E-state index contributed by atoms with van der Waals surface area (Å²) in [7, 11) is 1.87. The minimum atomic E-state index is -0.225. The van der Waals surface area contributed by atoms with E-state index in [4.69, 9.17) is 5.73 Å². The molecule has 0 aliphatic rings. The van der Waals surface area contributed by atoms with Crippen LogP contribution in [0.4, 0.5) is 0 Å². The molecule has 9 heavy (non-hydrogen) atoms. The highest BCUT2D eigenvalue weighted by molar-refractivity contribution is 5.73. The molecule has 3 heteroatoms. The molecular formula is C6H14N2O. The second-order valence-corrected chi connectivity index (χ2v) is 2.19. The van der Waals surface area contributed by atoms with Gasteiger partial charge in [-0.1, -0.05) is 0 Å². The van der Waals surface area contributed by atoms with Crippen LogP contribution in [0.2, 0.25) is 0 Å². The van der Waals surface area contributed by atoms with Crippen LogP contribution in [0.3, 0.4) is 0 Å². The van der Waals surface area contributed by atoms with Crippen LogP contribution in [-0.2, 0) is 4.79 Å². The van der Waals surface area contributed by atoms with Gasteiger partial charge in [-0.2, -0.15) is 0 Å². The Morgan fingerprint density at radius 3 is 2.67 bits per heavy atom. The maximum atomic E-state index is 10.2. The number of carbonyl (C=O) groups excluding carboxylic acids is 1. The highest BCUT2D eigenvalue weighted by Gasteiger charge is 1.99. The van der Waals surface area contributed by atoms with Gasteiger partial charge in [-0.3, -0.25) is 4.79 Å². The fourth-order valence-electron chi connectivity index (χ4n) is 0.503. The number of carbonyl (C=O) groups is 1. The monoisotopic (exact) mass is 130 g/mol. The molecule has 0 aromatic heterocycles. The Balaban J connectivity index is 3.16. The molecule has 54 valence electrons. The number of rotatable bonds is 4. The molecule has 0 aromatic rings. The van der Waals surface area contributed by atoms with Crippen LogP contribution in [0.5, 0.6) is 0 Å². The maximum Gasteiger partial charge on any atom is 0.217 e. The molecule has 0 unspecified atom stereocenters. The van der Waals surface area contributed by atoms with Crippen molar-refractivity contribution in [3.8, 4) is 0 Å². The van der Waals surface area contributed by atoms with Gasteiger partial charge in [-0.05, 0) is 20.4 Å². The number of primary amides is 1. The number of hydrogen-bond donors (Lipinski definition) is 2. The van der Waals surface area contributed by atoms with Crippen LogP contribution in [0.1, 0.15) is 19.8 Å². The lowest BCUT2D eigenvalue weighted by Gasteiger charge is -2.06. The van der Waals surface area contributed by atoms with E-state index in [0.717, 1.165) is 6.42 Å². The van der Waals surface area contributed by atoms with E-state index in [1.807, 2.05) is 14.0 Å². The van der Waals surface area contributed by atoms with Crippen LogP contribution < -0.4 is 11.1 Å². The Hall–Kier alpha value is -0.570. The Kier molecular flexibility index (Phi) is 4.05. The third-order valence-corrected chi connectivity index (χ3v) is 1.32. The lowest BCUT2D eigenvalue weighted by atomic mass is 10.2. The Labute approximate surface area is 55.6 Å². The molecule has 0 fully saturated rings. The SMILES string of the molecule is CN[C@H](C)CCC(N)=O. The summed E-state index contributed by atoms with van der Waals surface area (Å²) < 4.78 is 0. The van der Waals surface area contributed by atoms with Crippen LogP contribution in [0.15, 0.2) is 0 Å². The molecule has 1 atom stereocenters. The summed E-state index contributed by atoms with van der Waals surface area (Å²) in [5.41, 5.74) is 4.93. The average molecular weight is 130 g/mol. The van der Waals surface area contributed by atoms with Crippen LogP contribution in [-0.4, -0.2) is 19.0 Å². The van der Waals surface area contributed by atoms with E-state index in [0.29, 0.717) is 12.5 Å². The molecule has 0 aliphatic heterocycles. The summed E-state index contributed by atoms with van der Waals surface area (Å²) >= 11 is 0. The molecule has 3 N–H and O–H groups in total. The average Bonchev–Trinajstić information content (AvgIpc) is 1.83. The van der Waals surface area contributed by atoms with Gasteiger partial charge in [-0.15, -0.1) is 0 Å². The predicted octanol–water partition coefficient (Wildman–Crippen LogP) is -0.140. The standard InChI is InChI=1S/C6H14N2O/c1-5(8-2)3-4-6(7)9/h5,8H,3-4H2,1-2H3,(H2,7,9)/t5-/m1/s1. The van der Waals surface area contributed by atoms with Gasteiger partial charge >= 0.3 is 0 Å². The van der Waals surface area contributed by atoms with Gasteiger partial charge in [0, 0.05) is 12.5 Å². The van der Waals surface area contributed by atoms with Crippen LogP contribution >= 0.6 is 0 Å². The van der Waals surface area contributed by atoms with Crippen molar-refractivity contribution in [1.82, 2.24) is 5.32 Å². The normalized spacial score (nSPS) is 13.1. The second-order valence-electron chi connectivity index (χ2n) is 2.19. The molecule has 0 aliphatic carbocycles. The summed E-state index contributed by atoms with van der Waals surface area (Å²) in [5.74, 6) is -0.225. The molecule has 0 bridgehead atoms. The molecule has 0 saturated carbocycles. The number of nitrogens with one attached hydrogen (secondary N) is 1. The fraction of sp³-hybridized carbons (Fsp3) is 0.833. The smallest absolute Gasteiger partial charge is 0.217 e. The van der Waals surface area contributed by atoms with E-state index < -0.39 is 0 Å². The third-order valence-electron chi connectivity index (χ3n) is 1.32. The van der Waals surface area contributed by atoms with Crippen molar-refractivity contribution in [2.24, 2.45) is 5.73 Å². The van der Waals surface area contributed by atoms with Gasteiger partial charge in [0.15, 0.2) is 0 Å². The first-order valence-electron chi connectivity index (χ1n) is 3.12. The van der Waals surface area contributed by atoms with Gasteiger partial charge in [0.25, 0.3) is 0 Å². The molecule has 0 heterocycles. The maximum absolute atomic E-state index is 10.2. The van der Waals surface area contributed by atoms with Crippen molar-refractivity contribution in [3.63, 3.8) is 0 Å². The van der Waals surface area contributed by atoms with Gasteiger partial charge in [0.1, 0.15) is 0 Å². The number of hydrogen-bond acceptors (Lipinski definition) is 2. The van der Waals surface area contributed by atoms with Crippen molar-refractivity contribution in [2.75, 3.05) is 7.05 Å². The molecule has 0 rings (SSSR count). The Bertz CT molecular complexity index is 93.1. The quantitative estimate of drug-likeness (QED) is 0.556. The largest absolute Gasteiger partial charge is 0.370 e. The summed E-state index contributed by atoms with van der Waals surface area (Å²) in [6.07, 6.45) is 1.30. The zero-order valence-corrected chi connectivity index (χ0v) is 5.98. The van der Waals surface area contributed by atoms with E-state index in [-0.39, 0.29) is 5.91 Å². The molecule has 3 nitrogen and oxygen atoms in total. The third kappa shape index (κ3) is 5.30. The zero-order valence-electron chi connectivity index (χ0n) is 5.98. The highest BCUT2D eigenvalue weighted by Crippen LogP contribution is 1.92. The lowest BCUT2D eigenvalue weighted by molar-refractivity contribution is -0.118. The number of nitrogens with two attached hydrogens (primary N) is 1. The predicted molar refractivity (Wildman–Crippen MR) is 37.0 cm³/mol. The lowest BCUT2D eigenvalue weighted by Crippen LogP contribution is -2.23. The summed E-state index contributed by atoms with van der Waals surface area (Å²) in [6.45, 7) is 2.02. The molecule has 1 amide bonds. The molecule has 0 saturated heterocycles. The second kappa shape index (κ2) is 4.32. The molecule has 0 spiro atoms. The van der Waals surface area contributed by atoms with Gasteiger partial charge < -0.3 is 11.1 Å². The first-order valence-corrected chi connectivity index (χ1v) is 3.12. The van der Waals surface area contributed by atoms with E-state index in [1.54, 1.807) is 0 Å². The topological polar surface area (TPSA) is 55.1 Å². The molecular weight excluding hydrogens is 116 g/mol. The van der Waals surface area contributed by atoms with Crippen molar-refractivity contribution >= 4 is 5.91 Å². The van der Waals surface area contributed by atoms with E-state index in [9.17, 15) is 4.79 Å². The first-order chi connectivity index (χ1) is 4.16. The van der Waals surface area contributed by atoms with E-state index >= 15 is 0 Å².